The summed E-state index contributed by atoms with van der Waals surface area (Å²) in [5.74, 6) is 0. The van der Waals surface area contributed by atoms with E-state index in [1.807, 2.05) is 6.92 Å². The predicted octanol–water partition coefficient (Wildman–Crippen LogP) is 0.224. The van der Waals surface area contributed by atoms with E-state index in [4.69, 9.17) is 10.5 Å². The zero-order valence-corrected chi connectivity index (χ0v) is 6.72. The molecule has 64 valence electrons. The van der Waals surface area contributed by atoms with Crippen molar-refractivity contribution in [2.45, 2.75) is 25.3 Å². The van der Waals surface area contributed by atoms with Gasteiger partial charge in [-0.05, 0) is 19.8 Å². The molecule has 1 fully saturated rings. The first-order chi connectivity index (χ1) is 5.10. The Bertz CT molecular complexity index is 157. The van der Waals surface area contributed by atoms with E-state index < -0.39 is 0 Å². The number of carbonyl (C=O) groups excluding carboxylic acids is 1. The van der Waals surface area contributed by atoms with Crippen LogP contribution >= 0.6 is 0 Å². The van der Waals surface area contributed by atoms with Gasteiger partial charge in [0.2, 0.25) is 0 Å². The summed E-state index contributed by atoms with van der Waals surface area (Å²) in [6, 6.07) is 0. The Morgan fingerprint density at radius 1 is 1.73 bits per heavy atom. The van der Waals surface area contributed by atoms with Crippen LogP contribution in [-0.2, 0) is 4.74 Å². The van der Waals surface area contributed by atoms with Gasteiger partial charge in [0.05, 0.1) is 0 Å². The second-order valence-electron chi connectivity index (χ2n) is 3.26. The summed E-state index contributed by atoms with van der Waals surface area (Å²) in [4.78, 5) is 10.7. The number of hydrogen-bond donors (Lipinski definition) is 2. The lowest BCUT2D eigenvalue weighted by Gasteiger charge is -2.26. The molecule has 1 amide bonds. The molecule has 3 N–H and O–H groups in total. The zero-order valence-electron chi connectivity index (χ0n) is 6.72. The Balaban J connectivity index is 2.44. The lowest BCUT2D eigenvalue weighted by Crippen LogP contribution is -2.45. The second-order valence-corrected chi connectivity index (χ2v) is 3.26. The molecule has 0 aromatic rings. The summed E-state index contributed by atoms with van der Waals surface area (Å²) in [6.07, 6.45) is 1.44. The van der Waals surface area contributed by atoms with Crippen LogP contribution in [0.15, 0.2) is 0 Å². The standard InChI is InChI=1S/C7H14N2O2/c1-7(8)3-2-4-9-6(10)11-5-7/h2-5,8H2,1H3,(H,9,10). The number of rotatable bonds is 0. The molecule has 1 heterocycles. The molecule has 1 aliphatic heterocycles. The Kier molecular flexibility index (Phi) is 2.34. The summed E-state index contributed by atoms with van der Waals surface area (Å²) < 4.78 is 4.82. The zero-order chi connectivity index (χ0) is 8.32. The van der Waals surface area contributed by atoms with Gasteiger partial charge in [-0.15, -0.1) is 0 Å². The largest absolute Gasteiger partial charge is 0.448 e. The van der Waals surface area contributed by atoms with Gasteiger partial charge in [-0.1, -0.05) is 0 Å². The van der Waals surface area contributed by atoms with Gasteiger partial charge in [0.25, 0.3) is 0 Å². The second kappa shape index (κ2) is 3.09. The van der Waals surface area contributed by atoms with Crippen molar-refractivity contribution in [2.24, 2.45) is 5.73 Å². The molecule has 0 aromatic carbocycles. The molecule has 0 saturated carbocycles. The maximum atomic E-state index is 10.7. The molecule has 0 aliphatic carbocycles. The van der Waals surface area contributed by atoms with Crippen molar-refractivity contribution in [3.05, 3.63) is 0 Å². The molecule has 11 heavy (non-hydrogen) atoms. The topological polar surface area (TPSA) is 64.3 Å². The number of nitrogens with one attached hydrogen (secondary N) is 1. The molecule has 1 unspecified atom stereocenters. The molecule has 4 heteroatoms. The maximum absolute atomic E-state index is 10.7. The highest BCUT2D eigenvalue weighted by Gasteiger charge is 2.22. The van der Waals surface area contributed by atoms with Gasteiger partial charge in [-0.2, -0.15) is 0 Å². The molecular formula is C7H14N2O2. The van der Waals surface area contributed by atoms with Crippen molar-refractivity contribution >= 4 is 6.09 Å². The predicted molar refractivity (Wildman–Crippen MR) is 41.2 cm³/mol. The quantitative estimate of drug-likeness (QED) is 0.530. The Hall–Kier alpha value is -0.770. The van der Waals surface area contributed by atoms with Crippen molar-refractivity contribution < 1.29 is 9.53 Å². The van der Waals surface area contributed by atoms with Gasteiger partial charge in [0.15, 0.2) is 0 Å². The molecule has 0 radical (unpaired) electrons. The number of alkyl carbamates (subject to hydrolysis) is 1. The lowest BCUT2D eigenvalue weighted by molar-refractivity contribution is 0.110. The minimum Gasteiger partial charge on any atom is -0.448 e. The first-order valence-electron chi connectivity index (χ1n) is 3.80. The molecule has 1 rings (SSSR count). The Morgan fingerprint density at radius 2 is 2.45 bits per heavy atom. The van der Waals surface area contributed by atoms with Crippen LogP contribution in [0.2, 0.25) is 0 Å². The fourth-order valence-electron chi connectivity index (χ4n) is 1.04. The maximum Gasteiger partial charge on any atom is 0.407 e. The number of ether oxygens (including phenoxy) is 1. The number of carbonyl (C=O) groups is 1. The molecular weight excluding hydrogens is 144 g/mol. The van der Waals surface area contributed by atoms with E-state index in [9.17, 15) is 4.79 Å². The highest BCUT2D eigenvalue weighted by atomic mass is 16.5. The minimum atomic E-state index is -0.360. The fourth-order valence-corrected chi connectivity index (χ4v) is 1.04. The Labute approximate surface area is 66.1 Å². The first-order valence-corrected chi connectivity index (χ1v) is 3.80. The third kappa shape index (κ3) is 2.76. The van der Waals surface area contributed by atoms with E-state index in [-0.39, 0.29) is 11.6 Å². The monoisotopic (exact) mass is 158 g/mol. The van der Waals surface area contributed by atoms with Crippen LogP contribution in [-0.4, -0.2) is 24.8 Å². The Morgan fingerprint density at radius 3 is 3.18 bits per heavy atom. The smallest absolute Gasteiger partial charge is 0.407 e. The van der Waals surface area contributed by atoms with Crippen molar-refractivity contribution in [2.75, 3.05) is 13.2 Å². The summed E-state index contributed by atoms with van der Waals surface area (Å²) in [5.41, 5.74) is 5.46. The number of cyclic esters (lactones) is 1. The van der Waals surface area contributed by atoms with E-state index in [0.717, 1.165) is 12.8 Å². The molecule has 0 bridgehead atoms. The highest BCUT2D eigenvalue weighted by Crippen LogP contribution is 2.10. The van der Waals surface area contributed by atoms with Crippen molar-refractivity contribution in [3.8, 4) is 0 Å². The summed E-state index contributed by atoms with van der Waals surface area (Å²) in [7, 11) is 0. The molecule has 1 atom stereocenters. The number of amides is 1. The van der Waals surface area contributed by atoms with Crippen molar-refractivity contribution in [1.29, 1.82) is 0 Å². The third-order valence-corrected chi connectivity index (χ3v) is 1.73. The van der Waals surface area contributed by atoms with Crippen LogP contribution in [0.4, 0.5) is 4.79 Å². The SMILES string of the molecule is CC1(N)CCCNC(=O)OC1. The average molecular weight is 158 g/mol. The average Bonchev–Trinajstić information content (AvgIpc) is 1.92. The van der Waals surface area contributed by atoms with E-state index in [1.165, 1.54) is 0 Å². The van der Waals surface area contributed by atoms with E-state index in [1.54, 1.807) is 0 Å². The fraction of sp³-hybridized carbons (Fsp3) is 0.857. The van der Waals surface area contributed by atoms with Crippen LogP contribution in [0.25, 0.3) is 0 Å². The van der Waals surface area contributed by atoms with Crippen molar-refractivity contribution in [3.63, 3.8) is 0 Å². The molecule has 0 aromatic heterocycles. The van der Waals surface area contributed by atoms with E-state index in [2.05, 4.69) is 5.32 Å². The van der Waals surface area contributed by atoms with Gasteiger partial charge in [-0.25, -0.2) is 4.79 Å². The number of nitrogens with two attached hydrogens (primary N) is 1. The van der Waals surface area contributed by atoms with Crippen LogP contribution in [0.5, 0.6) is 0 Å². The summed E-state index contributed by atoms with van der Waals surface area (Å²) >= 11 is 0. The van der Waals surface area contributed by atoms with E-state index in [0.29, 0.717) is 13.2 Å². The van der Waals surface area contributed by atoms with Gasteiger partial charge in [0.1, 0.15) is 6.61 Å². The summed E-state index contributed by atoms with van der Waals surface area (Å²) in [5, 5.41) is 2.61. The minimum absolute atomic E-state index is 0.304. The van der Waals surface area contributed by atoms with Crippen LogP contribution < -0.4 is 11.1 Å². The van der Waals surface area contributed by atoms with Crippen LogP contribution in [0, 0.1) is 0 Å². The van der Waals surface area contributed by atoms with Gasteiger partial charge in [-0.3, -0.25) is 0 Å². The number of hydrogen-bond acceptors (Lipinski definition) is 3. The van der Waals surface area contributed by atoms with Gasteiger partial charge < -0.3 is 15.8 Å². The van der Waals surface area contributed by atoms with Gasteiger partial charge in [0, 0.05) is 12.1 Å². The normalized spacial score (nSPS) is 33.1. The van der Waals surface area contributed by atoms with Crippen molar-refractivity contribution in [1.82, 2.24) is 5.32 Å². The van der Waals surface area contributed by atoms with Crippen LogP contribution in [0.1, 0.15) is 19.8 Å². The first kappa shape index (κ1) is 8.33. The lowest BCUT2D eigenvalue weighted by atomic mass is 9.98. The molecule has 0 spiro atoms. The van der Waals surface area contributed by atoms with Crippen LogP contribution in [0.3, 0.4) is 0 Å². The molecule has 1 saturated heterocycles. The third-order valence-electron chi connectivity index (χ3n) is 1.73. The van der Waals surface area contributed by atoms with Gasteiger partial charge >= 0.3 is 6.09 Å². The highest BCUT2D eigenvalue weighted by molar-refractivity contribution is 5.67. The van der Waals surface area contributed by atoms with E-state index >= 15 is 0 Å². The molecule has 1 aliphatic rings. The molecule has 4 nitrogen and oxygen atoms in total. The summed E-state index contributed by atoms with van der Waals surface area (Å²) in [6.45, 7) is 2.86.